The van der Waals surface area contributed by atoms with Crippen molar-refractivity contribution in [3.8, 4) is 44.5 Å². The molecule has 0 saturated heterocycles. The average Bonchev–Trinajstić information content (AvgIpc) is 3.72. The molecule has 0 aliphatic carbocycles. The van der Waals surface area contributed by atoms with E-state index in [9.17, 15) is 0 Å². The predicted octanol–water partition coefficient (Wildman–Crippen LogP) is 13.3. The molecule has 0 saturated carbocycles. The minimum atomic E-state index is -0.333. The molecule has 0 radical (unpaired) electrons. The minimum absolute atomic E-state index is 0.333. The molecule has 0 spiro atoms. The third-order valence-corrected chi connectivity index (χ3v) is 11.4. The molecule has 0 N–H and O–H groups in total. The van der Waals surface area contributed by atoms with Crippen LogP contribution in [0.15, 0.2) is 170 Å². The number of benzene rings is 8. The summed E-state index contributed by atoms with van der Waals surface area (Å²) in [6.07, 6.45) is 0. The summed E-state index contributed by atoms with van der Waals surface area (Å²) in [5.74, 6) is 0. The smallest absolute Gasteiger partial charge is 0.116 e. The van der Waals surface area contributed by atoms with Gasteiger partial charge in [-0.1, -0.05) is 146 Å². The van der Waals surface area contributed by atoms with E-state index in [1.807, 2.05) is 0 Å². The van der Waals surface area contributed by atoms with Crippen molar-refractivity contribution < 1.29 is 0 Å². The van der Waals surface area contributed by atoms with Crippen LogP contribution in [-0.4, -0.2) is 9.13 Å². The van der Waals surface area contributed by atoms with Crippen LogP contribution in [0.3, 0.4) is 0 Å². The van der Waals surface area contributed by atoms with Crippen molar-refractivity contribution in [3.05, 3.63) is 170 Å². The van der Waals surface area contributed by atoms with Crippen molar-refractivity contribution in [2.45, 2.75) is 19.5 Å². The van der Waals surface area contributed by atoms with Crippen molar-refractivity contribution in [1.82, 2.24) is 9.13 Å². The van der Waals surface area contributed by atoms with E-state index in [1.165, 1.54) is 98.9 Å². The lowest BCUT2D eigenvalue weighted by molar-refractivity contribution is 0.328. The third-order valence-electron chi connectivity index (χ3n) is 11.4. The summed E-state index contributed by atoms with van der Waals surface area (Å²) >= 11 is 0. The van der Waals surface area contributed by atoms with Gasteiger partial charge in [-0.2, -0.15) is 0 Å². The van der Waals surface area contributed by atoms with Crippen LogP contribution in [-0.2, 0) is 5.66 Å². The Morgan fingerprint density at radius 2 is 0.686 bits per heavy atom. The Kier molecular flexibility index (Phi) is 5.76. The van der Waals surface area contributed by atoms with Crippen LogP contribution >= 0.6 is 0 Å². The minimum Gasteiger partial charge on any atom is -0.316 e. The van der Waals surface area contributed by atoms with Gasteiger partial charge < -0.3 is 9.13 Å². The molecule has 3 heterocycles. The van der Waals surface area contributed by atoms with Gasteiger partial charge in [-0.3, -0.25) is 0 Å². The summed E-state index contributed by atoms with van der Waals surface area (Å²) in [6, 6.07) is 62.6. The zero-order chi connectivity index (χ0) is 33.8. The summed E-state index contributed by atoms with van der Waals surface area (Å²) < 4.78 is 5.20. The van der Waals surface area contributed by atoms with E-state index in [0.717, 1.165) is 0 Å². The average molecular weight is 651 g/mol. The third kappa shape index (κ3) is 3.99. The normalized spacial score (nSPS) is 13.5. The first kappa shape index (κ1) is 28.5. The fourth-order valence-corrected chi connectivity index (χ4v) is 8.98. The van der Waals surface area contributed by atoms with Gasteiger partial charge in [0.15, 0.2) is 0 Å². The lowest BCUT2D eigenvalue weighted by atomic mass is 9.97. The number of nitrogens with zero attached hydrogens (tertiary/aromatic N) is 2. The highest BCUT2D eigenvalue weighted by atomic mass is 15.3. The number of hydrogen-bond acceptors (Lipinski definition) is 0. The van der Waals surface area contributed by atoms with Gasteiger partial charge in [0.2, 0.25) is 0 Å². The molecule has 0 unspecified atom stereocenters. The van der Waals surface area contributed by atoms with Crippen LogP contribution < -0.4 is 0 Å². The highest BCUT2D eigenvalue weighted by molar-refractivity contribution is 6.29. The quantitative estimate of drug-likeness (QED) is 0.179. The first-order chi connectivity index (χ1) is 25.0. The van der Waals surface area contributed by atoms with Crippen LogP contribution in [0.5, 0.6) is 0 Å². The van der Waals surface area contributed by atoms with Gasteiger partial charge in [-0.25, -0.2) is 0 Å². The number of hydrogen-bond donors (Lipinski definition) is 0. The summed E-state index contributed by atoms with van der Waals surface area (Å²) in [4.78, 5) is 0. The van der Waals surface area contributed by atoms with E-state index in [0.29, 0.717) is 0 Å². The molecule has 240 valence electrons. The lowest BCUT2D eigenvalue weighted by Crippen LogP contribution is -2.36. The Morgan fingerprint density at radius 3 is 1.10 bits per heavy atom. The van der Waals surface area contributed by atoms with Crippen LogP contribution in [0.25, 0.3) is 98.9 Å². The van der Waals surface area contributed by atoms with Crippen molar-refractivity contribution in [3.63, 3.8) is 0 Å². The number of fused-ring (bicyclic) bond motifs is 6. The second-order valence-electron chi connectivity index (χ2n) is 14.5. The lowest BCUT2D eigenvalue weighted by Gasteiger charge is -2.36. The Hall–Kier alpha value is -6.38. The maximum Gasteiger partial charge on any atom is 0.116 e. The molecule has 2 aromatic heterocycles. The molecule has 51 heavy (non-hydrogen) atoms. The first-order valence-electron chi connectivity index (χ1n) is 17.9. The standard InChI is InChI=1S/C49H34N2/c1-49(2)50-44-27-23-38(35-17-13-33(14-18-35)31-9-5-3-6-10-31)29-42(44)40-25-21-37-22-26-41-43-30-39(24-28-45(43)51(49)48(41)46(37)47(40)50)36-19-15-34(16-20-36)32-11-7-4-8-12-32/h3-30H,1-2H3. The van der Waals surface area contributed by atoms with Gasteiger partial charge in [-0.15, -0.1) is 0 Å². The summed E-state index contributed by atoms with van der Waals surface area (Å²) in [6.45, 7) is 4.76. The molecule has 0 atom stereocenters. The predicted molar refractivity (Wildman–Crippen MR) is 216 cm³/mol. The number of rotatable bonds is 4. The first-order valence-corrected chi connectivity index (χ1v) is 17.9. The molecule has 1 aliphatic heterocycles. The highest BCUT2D eigenvalue weighted by Gasteiger charge is 2.35. The Morgan fingerprint density at radius 1 is 0.333 bits per heavy atom. The van der Waals surface area contributed by atoms with Crippen molar-refractivity contribution in [1.29, 1.82) is 0 Å². The monoisotopic (exact) mass is 650 g/mol. The van der Waals surface area contributed by atoms with Crippen LogP contribution in [0, 0.1) is 0 Å². The van der Waals surface area contributed by atoms with E-state index in [-0.39, 0.29) is 5.66 Å². The van der Waals surface area contributed by atoms with Crippen LogP contribution in [0.4, 0.5) is 0 Å². The molecule has 2 nitrogen and oxygen atoms in total. The molecule has 10 aromatic rings. The van der Waals surface area contributed by atoms with Crippen molar-refractivity contribution in [2.75, 3.05) is 0 Å². The van der Waals surface area contributed by atoms with Crippen molar-refractivity contribution >= 4 is 54.4 Å². The zero-order valence-corrected chi connectivity index (χ0v) is 28.6. The Bertz CT molecular complexity index is 2790. The van der Waals surface area contributed by atoms with Gasteiger partial charge in [0.1, 0.15) is 5.66 Å². The van der Waals surface area contributed by atoms with Crippen LogP contribution in [0.2, 0.25) is 0 Å². The summed E-state index contributed by atoms with van der Waals surface area (Å²) in [7, 11) is 0. The van der Waals surface area contributed by atoms with Gasteiger partial charge in [0, 0.05) is 26.9 Å². The largest absolute Gasteiger partial charge is 0.316 e. The summed E-state index contributed by atoms with van der Waals surface area (Å²) in [5.41, 5.74) is 14.8. The molecule has 0 bridgehead atoms. The van der Waals surface area contributed by atoms with Gasteiger partial charge in [0.25, 0.3) is 0 Å². The van der Waals surface area contributed by atoms with E-state index >= 15 is 0 Å². The molecule has 8 aromatic carbocycles. The molecular formula is C49H34N2. The Balaban J connectivity index is 1.09. The van der Waals surface area contributed by atoms with Gasteiger partial charge >= 0.3 is 0 Å². The summed E-state index contributed by atoms with van der Waals surface area (Å²) in [5, 5.41) is 7.87. The zero-order valence-electron chi connectivity index (χ0n) is 28.6. The topological polar surface area (TPSA) is 9.86 Å². The van der Waals surface area contributed by atoms with Crippen molar-refractivity contribution in [2.24, 2.45) is 0 Å². The van der Waals surface area contributed by atoms with Gasteiger partial charge in [-0.05, 0) is 88.0 Å². The highest BCUT2D eigenvalue weighted by Crippen LogP contribution is 2.49. The maximum absolute atomic E-state index is 2.60. The molecule has 11 rings (SSSR count). The fraction of sp³-hybridized carbons (Fsp3) is 0.0612. The maximum atomic E-state index is 2.60. The molecule has 0 amide bonds. The molecule has 0 fully saturated rings. The molecule has 2 heteroatoms. The van der Waals surface area contributed by atoms with Gasteiger partial charge in [0.05, 0.1) is 22.1 Å². The van der Waals surface area contributed by atoms with Crippen LogP contribution in [0.1, 0.15) is 13.8 Å². The number of aromatic nitrogens is 2. The van der Waals surface area contributed by atoms with E-state index in [1.54, 1.807) is 0 Å². The van der Waals surface area contributed by atoms with E-state index < -0.39 is 0 Å². The van der Waals surface area contributed by atoms with E-state index in [4.69, 9.17) is 0 Å². The van der Waals surface area contributed by atoms with E-state index in [2.05, 4.69) is 193 Å². The molecule has 1 aliphatic rings. The molecular weight excluding hydrogens is 617 g/mol. The second kappa shape index (κ2) is 10.3. The SMILES string of the molecule is CC1(C)n2c3ccc(-c4ccc(-c5ccccc5)cc4)cc3c3ccc4ccc5c6cc(-c7ccc(-c8ccccc8)cc7)ccc6n1c5c4c32. The second-order valence-corrected chi connectivity index (χ2v) is 14.5. The fourth-order valence-electron chi connectivity index (χ4n) is 8.98. The Labute approximate surface area is 296 Å².